The summed E-state index contributed by atoms with van der Waals surface area (Å²) in [5.74, 6) is 0. The van der Waals surface area contributed by atoms with Crippen molar-refractivity contribution in [3.05, 3.63) is 29.3 Å². The second kappa shape index (κ2) is 3.82. The zero-order valence-corrected chi connectivity index (χ0v) is 8.49. The fraction of sp³-hybridized carbons (Fsp3) is 0.417. The second-order valence-electron chi connectivity index (χ2n) is 3.74. The topological polar surface area (TPSA) is 20.3 Å². The van der Waals surface area contributed by atoms with Crippen LogP contribution in [0.15, 0.2) is 18.2 Å². The Morgan fingerprint density at radius 2 is 2.36 bits per heavy atom. The van der Waals surface area contributed by atoms with E-state index in [1.165, 1.54) is 11.3 Å². The normalized spacial score (nSPS) is 14.2. The van der Waals surface area contributed by atoms with Gasteiger partial charge < -0.3 is 4.90 Å². The van der Waals surface area contributed by atoms with Gasteiger partial charge in [0.1, 0.15) is 6.29 Å². The third kappa shape index (κ3) is 1.52. The Morgan fingerprint density at radius 3 is 3.07 bits per heavy atom. The third-order valence-electron chi connectivity index (χ3n) is 2.73. The van der Waals surface area contributed by atoms with Gasteiger partial charge in [0, 0.05) is 24.3 Å². The van der Waals surface area contributed by atoms with E-state index in [2.05, 4.69) is 17.9 Å². The molecule has 1 aromatic rings. The molecule has 0 fully saturated rings. The molecule has 2 nitrogen and oxygen atoms in total. The summed E-state index contributed by atoms with van der Waals surface area (Å²) in [6.45, 7) is 4.38. The Bertz CT molecular complexity index is 344. The lowest BCUT2D eigenvalue weighted by atomic mass is 10.1. The highest BCUT2D eigenvalue weighted by atomic mass is 16.1. The van der Waals surface area contributed by atoms with E-state index in [1.807, 2.05) is 12.1 Å². The fourth-order valence-electron chi connectivity index (χ4n) is 2.04. The Kier molecular flexibility index (Phi) is 2.53. The highest BCUT2D eigenvalue weighted by Crippen LogP contribution is 2.28. The van der Waals surface area contributed by atoms with Gasteiger partial charge in [0.2, 0.25) is 0 Å². The van der Waals surface area contributed by atoms with Crippen molar-refractivity contribution in [1.82, 2.24) is 0 Å². The second-order valence-corrected chi connectivity index (χ2v) is 3.74. The monoisotopic (exact) mass is 189 g/mol. The molecular weight excluding hydrogens is 174 g/mol. The van der Waals surface area contributed by atoms with Crippen LogP contribution in [0.1, 0.15) is 29.3 Å². The summed E-state index contributed by atoms with van der Waals surface area (Å²) in [5, 5.41) is 0. The quantitative estimate of drug-likeness (QED) is 0.680. The molecule has 0 N–H and O–H groups in total. The van der Waals surface area contributed by atoms with Gasteiger partial charge in [0.15, 0.2) is 0 Å². The number of benzene rings is 1. The first-order chi connectivity index (χ1) is 6.85. The predicted molar refractivity (Wildman–Crippen MR) is 58.0 cm³/mol. The van der Waals surface area contributed by atoms with Crippen molar-refractivity contribution in [1.29, 1.82) is 0 Å². The van der Waals surface area contributed by atoms with Crippen LogP contribution in [-0.2, 0) is 6.42 Å². The Morgan fingerprint density at radius 1 is 1.50 bits per heavy atom. The number of hydrogen-bond donors (Lipinski definition) is 0. The number of aldehydes is 1. The van der Waals surface area contributed by atoms with Crippen LogP contribution in [0.25, 0.3) is 0 Å². The Balaban J connectivity index is 2.32. The molecule has 0 radical (unpaired) electrons. The molecule has 14 heavy (non-hydrogen) atoms. The number of carbonyl (C=O) groups excluding carboxylic acids is 1. The first-order valence-corrected chi connectivity index (χ1v) is 5.18. The minimum Gasteiger partial charge on any atom is -0.371 e. The smallest absolute Gasteiger partial charge is 0.150 e. The highest BCUT2D eigenvalue weighted by Gasteiger charge is 2.17. The van der Waals surface area contributed by atoms with Crippen LogP contribution in [-0.4, -0.2) is 19.4 Å². The first-order valence-electron chi connectivity index (χ1n) is 5.18. The molecule has 1 aromatic carbocycles. The van der Waals surface area contributed by atoms with Gasteiger partial charge in [0.25, 0.3) is 0 Å². The minimum atomic E-state index is 0.784. The molecule has 0 aromatic heterocycles. The summed E-state index contributed by atoms with van der Waals surface area (Å²) in [6.07, 6.45) is 3.20. The zero-order chi connectivity index (χ0) is 9.97. The predicted octanol–water partition coefficient (Wildman–Crippen LogP) is 2.27. The van der Waals surface area contributed by atoms with Crippen molar-refractivity contribution >= 4 is 12.0 Å². The molecule has 0 unspecified atom stereocenters. The summed E-state index contributed by atoms with van der Waals surface area (Å²) in [5.41, 5.74) is 3.42. The Labute approximate surface area is 84.5 Å². The number of anilines is 1. The van der Waals surface area contributed by atoms with Crippen molar-refractivity contribution in [3.8, 4) is 0 Å². The van der Waals surface area contributed by atoms with Gasteiger partial charge in [-0.2, -0.15) is 0 Å². The van der Waals surface area contributed by atoms with E-state index in [0.717, 1.165) is 37.8 Å². The van der Waals surface area contributed by atoms with E-state index in [0.29, 0.717) is 0 Å². The highest BCUT2D eigenvalue weighted by molar-refractivity contribution is 5.78. The molecule has 0 bridgehead atoms. The number of carbonyl (C=O) groups is 1. The largest absolute Gasteiger partial charge is 0.371 e. The van der Waals surface area contributed by atoms with Gasteiger partial charge >= 0.3 is 0 Å². The summed E-state index contributed by atoms with van der Waals surface area (Å²) in [7, 11) is 0. The summed E-state index contributed by atoms with van der Waals surface area (Å²) >= 11 is 0. The molecule has 0 saturated carbocycles. The maximum atomic E-state index is 10.7. The van der Waals surface area contributed by atoms with E-state index >= 15 is 0 Å². The van der Waals surface area contributed by atoms with Crippen LogP contribution in [0.4, 0.5) is 5.69 Å². The molecule has 0 saturated heterocycles. The number of hydrogen-bond acceptors (Lipinski definition) is 2. The fourth-order valence-corrected chi connectivity index (χ4v) is 2.04. The van der Waals surface area contributed by atoms with Crippen LogP contribution in [0.3, 0.4) is 0 Å². The van der Waals surface area contributed by atoms with Crippen LogP contribution in [0, 0.1) is 0 Å². The standard InChI is InChI=1S/C12H15NO/c1-2-6-13-7-5-11-4-3-10(9-14)8-12(11)13/h3-4,8-9H,2,5-7H2,1H3. The van der Waals surface area contributed by atoms with Crippen molar-refractivity contribution in [2.75, 3.05) is 18.0 Å². The molecule has 1 aliphatic rings. The lowest BCUT2D eigenvalue weighted by molar-refractivity contribution is 0.112. The maximum Gasteiger partial charge on any atom is 0.150 e. The number of rotatable bonds is 3. The molecule has 74 valence electrons. The van der Waals surface area contributed by atoms with Crippen LogP contribution >= 0.6 is 0 Å². The summed E-state index contributed by atoms with van der Waals surface area (Å²) in [6, 6.07) is 5.99. The molecule has 0 atom stereocenters. The van der Waals surface area contributed by atoms with Gasteiger partial charge in [-0.3, -0.25) is 4.79 Å². The molecule has 1 heterocycles. The van der Waals surface area contributed by atoms with E-state index in [4.69, 9.17) is 0 Å². The van der Waals surface area contributed by atoms with Gasteiger partial charge in [-0.1, -0.05) is 19.1 Å². The van der Waals surface area contributed by atoms with Crippen LogP contribution in [0.5, 0.6) is 0 Å². The molecule has 2 heteroatoms. The van der Waals surface area contributed by atoms with E-state index in [-0.39, 0.29) is 0 Å². The lowest BCUT2D eigenvalue weighted by Crippen LogP contribution is -2.20. The van der Waals surface area contributed by atoms with Crippen molar-refractivity contribution < 1.29 is 4.79 Å². The van der Waals surface area contributed by atoms with Crippen LogP contribution in [0.2, 0.25) is 0 Å². The van der Waals surface area contributed by atoms with E-state index < -0.39 is 0 Å². The van der Waals surface area contributed by atoms with Gasteiger partial charge in [0.05, 0.1) is 0 Å². The average Bonchev–Trinajstić information content (AvgIpc) is 2.61. The molecule has 1 aliphatic heterocycles. The number of fused-ring (bicyclic) bond motifs is 1. The third-order valence-corrected chi connectivity index (χ3v) is 2.73. The first kappa shape index (κ1) is 9.25. The zero-order valence-electron chi connectivity index (χ0n) is 8.49. The van der Waals surface area contributed by atoms with Crippen molar-refractivity contribution in [2.45, 2.75) is 19.8 Å². The van der Waals surface area contributed by atoms with Gasteiger partial charge in [-0.05, 0) is 24.5 Å². The molecule has 2 rings (SSSR count). The van der Waals surface area contributed by atoms with Crippen LogP contribution < -0.4 is 4.90 Å². The van der Waals surface area contributed by atoms with E-state index in [9.17, 15) is 4.79 Å². The maximum absolute atomic E-state index is 10.7. The molecule has 0 amide bonds. The van der Waals surface area contributed by atoms with Crippen molar-refractivity contribution in [2.24, 2.45) is 0 Å². The Hall–Kier alpha value is -1.31. The SMILES string of the molecule is CCCN1CCc2ccc(C=O)cc21. The van der Waals surface area contributed by atoms with E-state index in [1.54, 1.807) is 0 Å². The molecule has 0 aliphatic carbocycles. The van der Waals surface area contributed by atoms with Gasteiger partial charge in [-0.25, -0.2) is 0 Å². The molecular formula is C12H15NO. The average molecular weight is 189 g/mol. The minimum absolute atomic E-state index is 0.784. The lowest BCUT2D eigenvalue weighted by Gasteiger charge is -2.18. The molecule has 0 spiro atoms. The van der Waals surface area contributed by atoms with Gasteiger partial charge in [-0.15, -0.1) is 0 Å². The summed E-state index contributed by atoms with van der Waals surface area (Å²) in [4.78, 5) is 13.0. The summed E-state index contributed by atoms with van der Waals surface area (Å²) < 4.78 is 0. The number of nitrogens with zero attached hydrogens (tertiary/aromatic N) is 1. The van der Waals surface area contributed by atoms with Crippen molar-refractivity contribution in [3.63, 3.8) is 0 Å².